The maximum atomic E-state index is 13.6. The lowest BCUT2D eigenvalue weighted by molar-refractivity contribution is -0.121. The summed E-state index contributed by atoms with van der Waals surface area (Å²) >= 11 is 0. The number of anilines is 1. The minimum atomic E-state index is -0.359. The molecule has 0 bridgehead atoms. The van der Waals surface area contributed by atoms with Gasteiger partial charge in [0.1, 0.15) is 5.82 Å². The molecular formula is C18H21FN4O2. The van der Waals surface area contributed by atoms with Crippen LogP contribution in [-0.4, -0.2) is 35.0 Å². The number of carbonyl (C=O) groups excluding carboxylic acids is 1. The van der Waals surface area contributed by atoms with Gasteiger partial charge in [0.25, 0.3) is 5.56 Å². The van der Waals surface area contributed by atoms with E-state index in [2.05, 4.69) is 15.3 Å². The van der Waals surface area contributed by atoms with Crippen molar-refractivity contribution in [2.24, 2.45) is 0 Å². The van der Waals surface area contributed by atoms with E-state index in [1.807, 2.05) is 4.90 Å². The molecule has 0 spiro atoms. The van der Waals surface area contributed by atoms with Gasteiger partial charge in [-0.15, -0.1) is 0 Å². The Labute approximate surface area is 145 Å². The smallest absolute Gasteiger partial charge is 0.252 e. The van der Waals surface area contributed by atoms with E-state index in [4.69, 9.17) is 0 Å². The molecule has 1 aliphatic rings. The predicted octanol–water partition coefficient (Wildman–Crippen LogP) is 1.55. The first-order valence-electron chi connectivity index (χ1n) is 8.37. The largest absolute Gasteiger partial charge is 0.353 e. The third-order valence-corrected chi connectivity index (χ3v) is 4.33. The predicted molar refractivity (Wildman–Crippen MR) is 93.1 cm³/mol. The van der Waals surface area contributed by atoms with Crippen LogP contribution in [0.15, 0.2) is 35.1 Å². The second kappa shape index (κ2) is 7.46. The molecule has 1 aromatic heterocycles. The highest BCUT2D eigenvalue weighted by molar-refractivity contribution is 5.78. The molecule has 6 nitrogen and oxygen atoms in total. The molecule has 1 fully saturated rings. The molecule has 2 heterocycles. The van der Waals surface area contributed by atoms with Crippen molar-refractivity contribution in [2.45, 2.75) is 32.2 Å². The molecule has 0 atom stereocenters. The Balaban J connectivity index is 1.53. The van der Waals surface area contributed by atoms with Gasteiger partial charge < -0.3 is 10.2 Å². The molecular weight excluding hydrogens is 323 g/mol. The van der Waals surface area contributed by atoms with Crippen LogP contribution in [0.5, 0.6) is 0 Å². The van der Waals surface area contributed by atoms with Crippen LogP contribution in [-0.2, 0) is 11.2 Å². The molecule has 0 saturated carbocycles. The maximum absolute atomic E-state index is 13.6. The third kappa shape index (κ3) is 4.43. The summed E-state index contributed by atoms with van der Waals surface area (Å²) < 4.78 is 13.6. The molecule has 1 saturated heterocycles. The van der Waals surface area contributed by atoms with E-state index >= 15 is 0 Å². The van der Waals surface area contributed by atoms with Crippen LogP contribution in [0.3, 0.4) is 0 Å². The lowest BCUT2D eigenvalue weighted by Gasteiger charge is -2.32. The zero-order valence-electron chi connectivity index (χ0n) is 14.1. The van der Waals surface area contributed by atoms with Gasteiger partial charge in [0.2, 0.25) is 11.9 Å². The number of hydrogen-bond donors (Lipinski definition) is 2. The number of nitrogens with zero attached hydrogens (tertiary/aromatic N) is 2. The van der Waals surface area contributed by atoms with Crippen molar-refractivity contribution in [1.82, 2.24) is 15.3 Å². The number of piperidine rings is 1. The molecule has 25 heavy (non-hydrogen) atoms. The molecule has 7 heteroatoms. The highest BCUT2D eigenvalue weighted by Crippen LogP contribution is 2.16. The number of rotatable bonds is 4. The number of aryl methyl sites for hydroxylation is 1. The minimum absolute atomic E-state index is 0.0413. The van der Waals surface area contributed by atoms with Crippen molar-refractivity contribution in [1.29, 1.82) is 0 Å². The highest BCUT2D eigenvalue weighted by atomic mass is 19.1. The molecule has 132 valence electrons. The summed E-state index contributed by atoms with van der Waals surface area (Å²) in [5.41, 5.74) is 0.917. The van der Waals surface area contributed by atoms with E-state index in [1.165, 1.54) is 12.1 Å². The number of nitrogens with one attached hydrogen (secondary N) is 2. The van der Waals surface area contributed by atoms with Gasteiger partial charge in [0.05, 0.1) is 6.42 Å². The Morgan fingerprint density at radius 1 is 1.36 bits per heavy atom. The van der Waals surface area contributed by atoms with Crippen LogP contribution in [0.1, 0.15) is 24.1 Å². The second-order valence-electron chi connectivity index (χ2n) is 6.31. The van der Waals surface area contributed by atoms with E-state index in [0.29, 0.717) is 30.3 Å². The van der Waals surface area contributed by atoms with Crippen LogP contribution >= 0.6 is 0 Å². The molecule has 2 N–H and O–H groups in total. The molecule has 0 radical (unpaired) electrons. The Hall–Kier alpha value is -2.70. The lowest BCUT2D eigenvalue weighted by Crippen LogP contribution is -2.46. The monoisotopic (exact) mass is 344 g/mol. The van der Waals surface area contributed by atoms with Crippen molar-refractivity contribution >= 4 is 11.9 Å². The highest BCUT2D eigenvalue weighted by Gasteiger charge is 2.22. The van der Waals surface area contributed by atoms with Gasteiger partial charge >= 0.3 is 0 Å². The van der Waals surface area contributed by atoms with Crippen molar-refractivity contribution in [3.63, 3.8) is 0 Å². The van der Waals surface area contributed by atoms with E-state index < -0.39 is 0 Å². The third-order valence-electron chi connectivity index (χ3n) is 4.33. The van der Waals surface area contributed by atoms with Crippen LogP contribution < -0.4 is 15.8 Å². The normalized spacial score (nSPS) is 15.2. The van der Waals surface area contributed by atoms with Crippen molar-refractivity contribution in [2.75, 3.05) is 18.0 Å². The number of aromatic amines is 1. The fourth-order valence-corrected chi connectivity index (χ4v) is 3.04. The number of amides is 1. The summed E-state index contributed by atoms with van der Waals surface area (Å²) in [6.07, 6.45) is 1.54. The van der Waals surface area contributed by atoms with Crippen molar-refractivity contribution in [3.8, 4) is 0 Å². The minimum Gasteiger partial charge on any atom is -0.353 e. The van der Waals surface area contributed by atoms with Crippen LogP contribution in [0, 0.1) is 12.7 Å². The number of benzene rings is 1. The SMILES string of the molecule is Cc1cc(=O)[nH]c(N2CCC(NC(=O)Cc3ccccc3F)CC2)n1. The summed E-state index contributed by atoms with van der Waals surface area (Å²) in [6, 6.07) is 7.82. The number of H-pyrrole nitrogens is 1. The molecule has 1 aromatic carbocycles. The first-order valence-corrected chi connectivity index (χ1v) is 8.37. The lowest BCUT2D eigenvalue weighted by atomic mass is 10.0. The Morgan fingerprint density at radius 3 is 2.76 bits per heavy atom. The van der Waals surface area contributed by atoms with Gasteiger partial charge in [-0.2, -0.15) is 0 Å². The Morgan fingerprint density at radius 2 is 2.08 bits per heavy atom. The van der Waals surface area contributed by atoms with Gasteiger partial charge in [-0.25, -0.2) is 9.37 Å². The molecule has 2 aromatic rings. The molecule has 0 aliphatic carbocycles. The Kier molecular flexibility index (Phi) is 5.11. The topological polar surface area (TPSA) is 78.1 Å². The average Bonchev–Trinajstić information content (AvgIpc) is 2.57. The zero-order chi connectivity index (χ0) is 17.8. The van der Waals surface area contributed by atoms with Gasteiger partial charge in [0.15, 0.2) is 0 Å². The average molecular weight is 344 g/mol. The number of halogens is 1. The van der Waals surface area contributed by atoms with Crippen LogP contribution in [0.25, 0.3) is 0 Å². The summed E-state index contributed by atoms with van der Waals surface area (Å²) in [4.78, 5) is 32.8. The van der Waals surface area contributed by atoms with E-state index in [9.17, 15) is 14.0 Å². The number of hydrogen-bond acceptors (Lipinski definition) is 4. The van der Waals surface area contributed by atoms with Crippen LogP contribution in [0.4, 0.5) is 10.3 Å². The van der Waals surface area contributed by atoms with Crippen LogP contribution in [0.2, 0.25) is 0 Å². The van der Waals surface area contributed by atoms with Gasteiger partial charge in [-0.3, -0.25) is 14.6 Å². The van der Waals surface area contributed by atoms with Gasteiger partial charge in [-0.05, 0) is 31.4 Å². The summed E-state index contributed by atoms with van der Waals surface area (Å²) in [5.74, 6) is 0.0358. The van der Waals surface area contributed by atoms with Gasteiger partial charge in [0, 0.05) is 30.9 Å². The van der Waals surface area contributed by atoms with Crippen molar-refractivity contribution in [3.05, 3.63) is 57.8 Å². The fourth-order valence-electron chi connectivity index (χ4n) is 3.04. The van der Waals surface area contributed by atoms with E-state index in [-0.39, 0.29) is 29.7 Å². The second-order valence-corrected chi connectivity index (χ2v) is 6.31. The quantitative estimate of drug-likeness (QED) is 0.882. The molecule has 1 aliphatic heterocycles. The van der Waals surface area contributed by atoms with Gasteiger partial charge in [-0.1, -0.05) is 18.2 Å². The van der Waals surface area contributed by atoms with E-state index in [0.717, 1.165) is 12.8 Å². The van der Waals surface area contributed by atoms with E-state index in [1.54, 1.807) is 25.1 Å². The zero-order valence-corrected chi connectivity index (χ0v) is 14.1. The first-order chi connectivity index (χ1) is 12.0. The number of carbonyl (C=O) groups is 1. The molecule has 1 amide bonds. The first kappa shape index (κ1) is 17.1. The fraction of sp³-hybridized carbons (Fsp3) is 0.389. The molecule has 3 rings (SSSR count). The molecule has 0 unspecified atom stereocenters. The summed E-state index contributed by atoms with van der Waals surface area (Å²) in [6.45, 7) is 3.17. The summed E-state index contributed by atoms with van der Waals surface area (Å²) in [7, 11) is 0. The number of aromatic nitrogens is 2. The standard InChI is InChI=1S/C18H21FN4O2/c1-12-10-16(24)22-18(20-12)23-8-6-14(7-9-23)21-17(25)11-13-4-2-3-5-15(13)19/h2-5,10,14H,6-9,11H2,1H3,(H,21,25)(H,20,22,24). The van der Waals surface area contributed by atoms with Crippen molar-refractivity contribution < 1.29 is 9.18 Å². The maximum Gasteiger partial charge on any atom is 0.252 e. The summed E-state index contributed by atoms with van der Waals surface area (Å²) in [5, 5.41) is 2.96. The Bertz CT molecular complexity index is 813.